The third kappa shape index (κ3) is 5.17. The van der Waals surface area contributed by atoms with Gasteiger partial charge in [-0.15, -0.1) is 0 Å². The lowest BCUT2D eigenvalue weighted by molar-refractivity contribution is -0.137. The van der Waals surface area contributed by atoms with Crippen molar-refractivity contribution in [3.8, 4) is 0 Å². The lowest BCUT2D eigenvalue weighted by Crippen LogP contribution is -2.10. The van der Waals surface area contributed by atoms with E-state index < -0.39 is 11.7 Å². The predicted molar refractivity (Wildman–Crippen MR) is 89.7 cm³/mol. The first-order valence-corrected chi connectivity index (χ1v) is 7.69. The summed E-state index contributed by atoms with van der Waals surface area (Å²) in [5, 5.41) is 3.60. The van der Waals surface area contributed by atoms with E-state index in [1.54, 1.807) is 37.3 Å². The summed E-state index contributed by atoms with van der Waals surface area (Å²) in [6, 6.07) is 12.3. The van der Waals surface area contributed by atoms with Crippen molar-refractivity contribution < 1.29 is 22.8 Å². The Hall–Kier alpha value is -2.63. The third-order valence-corrected chi connectivity index (χ3v) is 3.73. The molecular formula is C19H18F3NO2. The second-order valence-corrected chi connectivity index (χ2v) is 5.58. The van der Waals surface area contributed by atoms with Crippen LogP contribution in [0.15, 0.2) is 53.7 Å². The van der Waals surface area contributed by atoms with Crippen molar-refractivity contribution in [2.75, 3.05) is 7.11 Å². The number of rotatable bonds is 6. The van der Waals surface area contributed by atoms with Crippen LogP contribution in [0.5, 0.6) is 0 Å². The van der Waals surface area contributed by atoms with Gasteiger partial charge in [-0.05, 0) is 37.0 Å². The van der Waals surface area contributed by atoms with Gasteiger partial charge >= 0.3 is 6.18 Å². The number of benzene rings is 2. The second-order valence-electron chi connectivity index (χ2n) is 5.58. The van der Waals surface area contributed by atoms with Gasteiger partial charge in [-0.1, -0.05) is 47.6 Å². The molecule has 6 heteroatoms. The molecule has 0 saturated heterocycles. The molecule has 0 radical (unpaired) electrons. The van der Waals surface area contributed by atoms with Crippen LogP contribution < -0.4 is 0 Å². The monoisotopic (exact) mass is 349 g/mol. The van der Waals surface area contributed by atoms with Crippen molar-refractivity contribution in [1.29, 1.82) is 0 Å². The molecule has 132 valence electrons. The lowest BCUT2D eigenvalue weighted by atomic mass is 10.00. The van der Waals surface area contributed by atoms with Crippen molar-refractivity contribution in [3.05, 3.63) is 70.8 Å². The fourth-order valence-corrected chi connectivity index (χ4v) is 2.40. The van der Waals surface area contributed by atoms with E-state index in [1.165, 1.54) is 19.2 Å². The summed E-state index contributed by atoms with van der Waals surface area (Å²) in [5.41, 5.74) is 1.66. The Morgan fingerprint density at radius 2 is 1.68 bits per heavy atom. The Bertz CT molecular complexity index is 765. The predicted octanol–water partition coefficient (Wildman–Crippen LogP) is 4.70. The Morgan fingerprint density at radius 1 is 1.04 bits per heavy atom. The maximum atomic E-state index is 12.7. The molecule has 0 fully saturated rings. The SMILES string of the molecule is CO/N=C(\C)C(=O)c1ccc(CCc2cccc(C(F)(F)F)c2)cc1. The highest BCUT2D eigenvalue weighted by Gasteiger charge is 2.30. The van der Waals surface area contributed by atoms with E-state index in [0.717, 1.165) is 11.6 Å². The summed E-state index contributed by atoms with van der Waals surface area (Å²) in [6.07, 6.45) is -3.26. The number of Topliss-reactive ketones (excluding diaryl/α,β-unsaturated/α-hetero) is 1. The molecule has 0 aliphatic rings. The maximum Gasteiger partial charge on any atom is 0.416 e. The molecule has 0 aliphatic heterocycles. The van der Waals surface area contributed by atoms with Gasteiger partial charge in [0.05, 0.1) is 5.56 Å². The quantitative estimate of drug-likeness (QED) is 0.431. The first-order chi connectivity index (χ1) is 11.8. The Morgan fingerprint density at radius 3 is 2.28 bits per heavy atom. The van der Waals surface area contributed by atoms with E-state index >= 15 is 0 Å². The van der Waals surface area contributed by atoms with Gasteiger partial charge in [-0.2, -0.15) is 13.2 Å². The average molecular weight is 349 g/mol. The van der Waals surface area contributed by atoms with Crippen LogP contribution in [0.2, 0.25) is 0 Å². The van der Waals surface area contributed by atoms with Crippen LogP contribution in [0.4, 0.5) is 13.2 Å². The van der Waals surface area contributed by atoms with Crippen LogP contribution >= 0.6 is 0 Å². The molecule has 2 aromatic carbocycles. The molecule has 0 atom stereocenters. The number of hydrogen-bond donors (Lipinski definition) is 0. The van der Waals surface area contributed by atoms with Crippen molar-refractivity contribution >= 4 is 11.5 Å². The van der Waals surface area contributed by atoms with Gasteiger partial charge in [0.25, 0.3) is 0 Å². The van der Waals surface area contributed by atoms with Crippen LogP contribution in [0.1, 0.15) is 34.0 Å². The number of nitrogens with zero attached hydrogens (tertiary/aromatic N) is 1. The standard InChI is InChI=1S/C19H18F3NO2/c1-13(23-25-2)18(24)16-10-8-14(9-11-16)6-7-15-4-3-5-17(12-15)19(20,21)22/h3-5,8-12H,6-7H2,1-2H3/b23-13+. The van der Waals surface area contributed by atoms with E-state index in [9.17, 15) is 18.0 Å². The Labute approximate surface area is 144 Å². The molecule has 0 bridgehead atoms. The Kier molecular flexibility index (Phi) is 5.96. The molecule has 0 heterocycles. The van der Waals surface area contributed by atoms with Crippen molar-refractivity contribution in [2.24, 2.45) is 5.16 Å². The fraction of sp³-hybridized carbons (Fsp3) is 0.263. The van der Waals surface area contributed by atoms with Crippen LogP contribution in [-0.2, 0) is 23.9 Å². The zero-order chi connectivity index (χ0) is 18.4. The fourth-order valence-electron chi connectivity index (χ4n) is 2.40. The summed E-state index contributed by atoms with van der Waals surface area (Å²) < 4.78 is 38.2. The largest absolute Gasteiger partial charge is 0.416 e. The minimum Gasteiger partial charge on any atom is -0.399 e. The summed E-state index contributed by atoms with van der Waals surface area (Å²) in [7, 11) is 1.37. The molecule has 2 aromatic rings. The molecule has 0 amide bonds. The number of ketones is 1. The van der Waals surface area contributed by atoms with E-state index in [-0.39, 0.29) is 11.5 Å². The van der Waals surface area contributed by atoms with Crippen LogP contribution in [0.25, 0.3) is 0 Å². The van der Waals surface area contributed by atoms with Crippen molar-refractivity contribution in [1.82, 2.24) is 0 Å². The van der Waals surface area contributed by atoms with Gasteiger partial charge in [0, 0.05) is 5.56 Å². The van der Waals surface area contributed by atoms with E-state index in [0.29, 0.717) is 24.0 Å². The molecule has 0 aliphatic carbocycles. The van der Waals surface area contributed by atoms with Gasteiger partial charge < -0.3 is 4.84 Å². The Balaban J connectivity index is 2.03. The summed E-state index contributed by atoms with van der Waals surface area (Å²) in [5.74, 6) is -0.230. The van der Waals surface area contributed by atoms with Crippen LogP contribution in [-0.4, -0.2) is 18.6 Å². The summed E-state index contributed by atoms with van der Waals surface area (Å²) in [4.78, 5) is 16.6. The zero-order valence-corrected chi connectivity index (χ0v) is 13.9. The molecular weight excluding hydrogens is 331 g/mol. The molecule has 0 aromatic heterocycles. The van der Waals surface area contributed by atoms with Crippen LogP contribution in [0, 0.1) is 0 Å². The highest BCUT2D eigenvalue weighted by Crippen LogP contribution is 2.29. The first-order valence-electron chi connectivity index (χ1n) is 7.69. The van der Waals surface area contributed by atoms with Crippen LogP contribution in [0.3, 0.4) is 0 Å². The van der Waals surface area contributed by atoms with E-state index in [2.05, 4.69) is 9.99 Å². The van der Waals surface area contributed by atoms with Crippen molar-refractivity contribution in [2.45, 2.75) is 25.9 Å². The number of oxime groups is 1. The number of alkyl halides is 3. The van der Waals surface area contributed by atoms with Crippen molar-refractivity contribution in [3.63, 3.8) is 0 Å². The van der Waals surface area contributed by atoms with Gasteiger partial charge in [-0.25, -0.2) is 0 Å². The minimum atomic E-state index is -4.33. The van der Waals surface area contributed by atoms with E-state index in [4.69, 9.17) is 0 Å². The zero-order valence-electron chi connectivity index (χ0n) is 13.9. The highest BCUT2D eigenvalue weighted by molar-refractivity contribution is 6.45. The lowest BCUT2D eigenvalue weighted by Gasteiger charge is -2.09. The maximum absolute atomic E-state index is 12.7. The number of halogens is 3. The molecule has 2 rings (SSSR count). The molecule has 25 heavy (non-hydrogen) atoms. The van der Waals surface area contributed by atoms with Gasteiger partial charge in [0.15, 0.2) is 0 Å². The summed E-state index contributed by atoms with van der Waals surface area (Å²) in [6.45, 7) is 1.56. The molecule has 3 nitrogen and oxygen atoms in total. The number of carbonyl (C=O) groups is 1. The topological polar surface area (TPSA) is 38.7 Å². The summed E-state index contributed by atoms with van der Waals surface area (Å²) >= 11 is 0. The molecule has 0 spiro atoms. The van der Waals surface area contributed by atoms with Gasteiger partial charge in [-0.3, -0.25) is 4.79 Å². The van der Waals surface area contributed by atoms with Gasteiger partial charge in [0.2, 0.25) is 5.78 Å². The second kappa shape index (κ2) is 7.96. The first kappa shape index (κ1) is 18.7. The number of hydrogen-bond acceptors (Lipinski definition) is 3. The third-order valence-electron chi connectivity index (χ3n) is 3.73. The molecule has 0 saturated carbocycles. The number of aryl methyl sites for hydroxylation is 2. The average Bonchev–Trinajstić information content (AvgIpc) is 2.59. The van der Waals surface area contributed by atoms with E-state index in [1.807, 2.05) is 0 Å². The normalized spacial score (nSPS) is 12.1. The number of carbonyl (C=O) groups excluding carboxylic acids is 1. The molecule has 0 N–H and O–H groups in total. The molecule has 0 unspecified atom stereocenters. The highest BCUT2D eigenvalue weighted by atomic mass is 19.4. The smallest absolute Gasteiger partial charge is 0.399 e. The van der Waals surface area contributed by atoms with Gasteiger partial charge in [0.1, 0.15) is 12.8 Å². The minimum absolute atomic E-state index is 0.230.